The number of aliphatic hydroxyl groups is 1. The number of halogens is 1. The average molecular weight is 292 g/mol. The molecule has 108 valence electrons. The number of thiophene rings is 1. The molecule has 0 amide bonds. The second-order valence-corrected chi connectivity index (χ2v) is 7.01. The fraction of sp³-hybridized carbons (Fsp3) is 0.529. The highest BCUT2D eigenvalue weighted by atomic mass is 32.1. The molecule has 3 heteroatoms. The number of aliphatic hydroxyl groups excluding tert-OH is 1. The van der Waals surface area contributed by atoms with Crippen LogP contribution in [0.2, 0.25) is 0 Å². The predicted octanol–water partition coefficient (Wildman–Crippen LogP) is 5.29. The summed E-state index contributed by atoms with van der Waals surface area (Å²) in [6.45, 7) is 2.22. The number of hydrogen-bond donors (Lipinski definition) is 1. The van der Waals surface area contributed by atoms with E-state index in [-0.39, 0.29) is 11.9 Å². The monoisotopic (exact) mass is 292 g/mol. The molecule has 0 aliphatic heterocycles. The molecule has 3 unspecified atom stereocenters. The van der Waals surface area contributed by atoms with E-state index in [2.05, 4.69) is 6.92 Å². The summed E-state index contributed by atoms with van der Waals surface area (Å²) in [6.07, 6.45) is 5.61. The Morgan fingerprint density at radius 2 is 2.10 bits per heavy atom. The van der Waals surface area contributed by atoms with Gasteiger partial charge in [-0.15, -0.1) is 11.3 Å². The third-order valence-electron chi connectivity index (χ3n) is 4.69. The minimum absolute atomic E-state index is 0.204. The van der Waals surface area contributed by atoms with Gasteiger partial charge in [0.2, 0.25) is 0 Å². The zero-order chi connectivity index (χ0) is 14.1. The van der Waals surface area contributed by atoms with Crippen molar-refractivity contribution in [3.05, 3.63) is 35.0 Å². The molecule has 20 heavy (non-hydrogen) atoms. The van der Waals surface area contributed by atoms with E-state index in [0.717, 1.165) is 27.8 Å². The van der Waals surface area contributed by atoms with E-state index in [9.17, 15) is 9.50 Å². The summed E-state index contributed by atoms with van der Waals surface area (Å²) in [4.78, 5) is 0.996. The lowest BCUT2D eigenvalue weighted by atomic mass is 9.74. The molecule has 0 radical (unpaired) electrons. The Balaban J connectivity index is 1.89. The molecule has 0 spiro atoms. The first kappa shape index (κ1) is 14.0. The van der Waals surface area contributed by atoms with Crippen LogP contribution in [0, 0.1) is 17.7 Å². The molecule has 0 saturated heterocycles. The zero-order valence-corrected chi connectivity index (χ0v) is 12.6. The summed E-state index contributed by atoms with van der Waals surface area (Å²) in [7, 11) is 0. The summed E-state index contributed by atoms with van der Waals surface area (Å²) < 4.78 is 14.2. The standard InChI is InChI=1S/C17H21FOS/c1-2-11-5-3-4-6-14(11)17(19)16-9-12-7-8-13(18)10-15(12)20-16/h7-11,14,17,19H,2-6H2,1H3. The molecule has 1 heterocycles. The van der Waals surface area contributed by atoms with Crippen molar-refractivity contribution in [2.24, 2.45) is 11.8 Å². The van der Waals surface area contributed by atoms with Crippen molar-refractivity contribution in [3.63, 3.8) is 0 Å². The van der Waals surface area contributed by atoms with Gasteiger partial charge in [0.1, 0.15) is 5.82 Å². The Hall–Kier alpha value is -0.930. The lowest BCUT2D eigenvalue weighted by Crippen LogP contribution is -2.24. The molecule has 3 atom stereocenters. The second-order valence-electron chi connectivity index (χ2n) is 5.89. The van der Waals surface area contributed by atoms with Gasteiger partial charge in [0.15, 0.2) is 0 Å². The van der Waals surface area contributed by atoms with Crippen molar-refractivity contribution in [1.29, 1.82) is 0 Å². The first-order valence-corrected chi connectivity index (χ1v) is 8.37. The van der Waals surface area contributed by atoms with Crippen LogP contribution in [0.1, 0.15) is 50.0 Å². The summed E-state index contributed by atoms with van der Waals surface area (Å²) in [6, 6.07) is 6.88. The van der Waals surface area contributed by atoms with Crippen molar-refractivity contribution < 1.29 is 9.50 Å². The van der Waals surface area contributed by atoms with E-state index in [1.165, 1.54) is 36.7 Å². The van der Waals surface area contributed by atoms with E-state index >= 15 is 0 Å². The van der Waals surface area contributed by atoms with E-state index in [1.807, 2.05) is 6.07 Å². The molecule has 1 fully saturated rings. The van der Waals surface area contributed by atoms with Gasteiger partial charge in [-0.25, -0.2) is 4.39 Å². The summed E-state index contributed by atoms with van der Waals surface area (Å²) in [5.41, 5.74) is 0. The van der Waals surface area contributed by atoms with Gasteiger partial charge in [-0.1, -0.05) is 38.7 Å². The van der Waals surface area contributed by atoms with Crippen molar-refractivity contribution in [2.75, 3.05) is 0 Å². The van der Waals surface area contributed by atoms with Crippen LogP contribution in [0.3, 0.4) is 0 Å². The average Bonchev–Trinajstić information content (AvgIpc) is 2.89. The largest absolute Gasteiger partial charge is 0.387 e. The highest BCUT2D eigenvalue weighted by Crippen LogP contribution is 2.43. The minimum atomic E-state index is -0.388. The molecule has 1 aromatic carbocycles. The van der Waals surface area contributed by atoms with Gasteiger partial charge in [0.25, 0.3) is 0 Å². The molecule has 1 aliphatic rings. The lowest BCUT2D eigenvalue weighted by Gasteiger charge is -2.33. The maximum absolute atomic E-state index is 13.3. The first-order valence-electron chi connectivity index (χ1n) is 7.56. The van der Waals surface area contributed by atoms with Gasteiger partial charge in [0.05, 0.1) is 6.10 Å². The molecule has 2 aromatic rings. The summed E-state index contributed by atoms with van der Waals surface area (Å²) >= 11 is 1.54. The van der Waals surface area contributed by atoms with Crippen LogP contribution < -0.4 is 0 Å². The van der Waals surface area contributed by atoms with E-state index in [4.69, 9.17) is 0 Å². The van der Waals surface area contributed by atoms with Crippen LogP contribution >= 0.6 is 11.3 Å². The van der Waals surface area contributed by atoms with Gasteiger partial charge < -0.3 is 5.11 Å². The normalized spacial score (nSPS) is 24.9. The van der Waals surface area contributed by atoms with Crippen LogP contribution in [-0.4, -0.2) is 5.11 Å². The van der Waals surface area contributed by atoms with Crippen LogP contribution in [0.5, 0.6) is 0 Å². The molecule has 1 nitrogen and oxygen atoms in total. The highest BCUT2D eigenvalue weighted by molar-refractivity contribution is 7.19. The van der Waals surface area contributed by atoms with Gasteiger partial charge in [-0.3, -0.25) is 0 Å². The SMILES string of the molecule is CCC1CCCCC1C(O)c1cc2ccc(F)cc2s1. The Labute approximate surface area is 123 Å². The van der Waals surface area contributed by atoms with Gasteiger partial charge in [-0.05, 0) is 41.8 Å². The van der Waals surface area contributed by atoms with Gasteiger partial charge in [-0.2, -0.15) is 0 Å². The topological polar surface area (TPSA) is 20.2 Å². The fourth-order valence-electron chi connectivity index (χ4n) is 3.54. The van der Waals surface area contributed by atoms with Crippen LogP contribution in [0.25, 0.3) is 10.1 Å². The van der Waals surface area contributed by atoms with Crippen LogP contribution in [0.4, 0.5) is 4.39 Å². The minimum Gasteiger partial charge on any atom is -0.387 e. The third kappa shape index (κ3) is 2.61. The summed E-state index contributed by atoms with van der Waals surface area (Å²) in [5.74, 6) is 0.789. The number of rotatable bonds is 3. The van der Waals surface area contributed by atoms with Crippen molar-refractivity contribution >= 4 is 21.4 Å². The van der Waals surface area contributed by atoms with Crippen molar-refractivity contribution in [1.82, 2.24) is 0 Å². The zero-order valence-electron chi connectivity index (χ0n) is 11.8. The van der Waals surface area contributed by atoms with E-state index in [0.29, 0.717) is 11.8 Å². The Morgan fingerprint density at radius 3 is 2.90 bits per heavy atom. The molecule has 3 rings (SSSR count). The maximum Gasteiger partial charge on any atom is 0.124 e. The van der Waals surface area contributed by atoms with Gasteiger partial charge >= 0.3 is 0 Å². The number of hydrogen-bond acceptors (Lipinski definition) is 2. The van der Waals surface area contributed by atoms with Crippen LogP contribution in [0.15, 0.2) is 24.3 Å². The molecule has 1 aromatic heterocycles. The Morgan fingerprint density at radius 1 is 1.30 bits per heavy atom. The van der Waals surface area contributed by atoms with E-state index < -0.39 is 0 Å². The van der Waals surface area contributed by atoms with Gasteiger partial charge in [0, 0.05) is 9.58 Å². The molecular formula is C17H21FOS. The smallest absolute Gasteiger partial charge is 0.124 e. The number of benzene rings is 1. The second kappa shape index (κ2) is 5.82. The number of fused-ring (bicyclic) bond motifs is 1. The Kier molecular flexibility index (Phi) is 4.08. The molecular weight excluding hydrogens is 271 g/mol. The quantitative estimate of drug-likeness (QED) is 0.815. The molecule has 1 saturated carbocycles. The maximum atomic E-state index is 13.3. The Bertz CT molecular complexity index is 592. The highest BCUT2D eigenvalue weighted by Gasteiger charge is 2.31. The fourth-order valence-corrected chi connectivity index (χ4v) is 4.69. The predicted molar refractivity (Wildman–Crippen MR) is 82.5 cm³/mol. The molecule has 0 bridgehead atoms. The van der Waals surface area contributed by atoms with Crippen molar-refractivity contribution in [3.8, 4) is 0 Å². The van der Waals surface area contributed by atoms with E-state index in [1.54, 1.807) is 12.1 Å². The lowest BCUT2D eigenvalue weighted by molar-refractivity contribution is 0.0478. The molecule has 1 N–H and O–H groups in total. The van der Waals surface area contributed by atoms with Crippen LogP contribution in [-0.2, 0) is 0 Å². The first-order chi connectivity index (χ1) is 9.69. The molecule has 1 aliphatic carbocycles. The van der Waals surface area contributed by atoms with Crippen molar-refractivity contribution in [2.45, 2.75) is 45.1 Å². The third-order valence-corrected chi connectivity index (χ3v) is 5.86. The summed E-state index contributed by atoms with van der Waals surface area (Å²) in [5, 5.41) is 11.8.